The number of rotatable bonds is 3. The second kappa shape index (κ2) is 5.73. The number of aromatic nitrogens is 2. The fourth-order valence-corrected chi connectivity index (χ4v) is 1.78. The molecule has 0 amide bonds. The van der Waals surface area contributed by atoms with Crippen molar-refractivity contribution in [2.24, 2.45) is 0 Å². The Kier molecular flexibility index (Phi) is 4.18. The maximum atomic E-state index is 13.2. The van der Waals surface area contributed by atoms with E-state index in [2.05, 4.69) is 15.3 Å². The molecule has 0 bridgehead atoms. The Morgan fingerprint density at radius 1 is 1.14 bits per heavy atom. The average molecular weight is 293 g/mol. The highest BCUT2D eigenvalue weighted by Gasteiger charge is 2.11. The van der Waals surface area contributed by atoms with Gasteiger partial charge >= 0.3 is 0 Å². The van der Waals surface area contributed by atoms with Crippen LogP contribution in [0.4, 0.5) is 8.78 Å². The number of hydrogen-bond acceptors (Lipinski definition) is 3. The fraction of sp³-hybridized carbons (Fsp3) is 0.333. The van der Waals surface area contributed by atoms with Crippen LogP contribution in [0.5, 0.6) is 0 Å². The molecular formula is C15H17F2N3O. The van der Waals surface area contributed by atoms with Crippen molar-refractivity contribution in [1.29, 1.82) is 0 Å². The third kappa shape index (κ3) is 4.46. The minimum Gasteiger partial charge on any atom is -0.307 e. The summed E-state index contributed by atoms with van der Waals surface area (Å²) in [5.74, 6) is -1.29. The van der Waals surface area contributed by atoms with Gasteiger partial charge in [0.15, 0.2) is 0 Å². The molecule has 0 aliphatic heterocycles. The smallest absolute Gasteiger partial charge is 0.251 e. The van der Waals surface area contributed by atoms with Crippen molar-refractivity contribution >= 4 is 0 Å². The fourth-order valence-electron chi connectivity index (χ4n) is 1.78. The molecule has 112 valence electrons. The van der Waals surface area contributed by atoms with Gasteiger partial charge in [-0.25, -0.2) is 13.8 Å². The van der Waals surface area contributed by atoms with Crippen molar-refractivity contribution in [3.8, 4) is 11.4 Å². The normalized spacial score (nSPS) is 11.7. The average Bonchev–Trinajstić information content (AvgIpc) is 2.34. The van der Waals surface area contributed by atoms with Crippen LogP contribution in [0.1, 0.15) is 26.5 Å². The summed E-state index contributed by atoms with van der Waals surface area (Å²) in [6, 6.07) is 4.38. The van der Waals surface area contributed by atoms with Gasteiger partial charge in [0, 0.05) is 29.8 Å². The standard InChI is InChI=1S/C15H17F2N3O/c1-15(2,3)18-8-12-7-13(21)20-14(19-12)9-4-10(16)6-11(17)5-9/h4-7,18H,8H2,1-3H3,(H,19,20,21). The van der Waals surface area contributed by atoms with Gasteiger partial charge in [0.1, 0.15) is 17.5 Å². The van der Waals surface area contributed by atoms with E-state index in [4.69, 9.17) is 0 Å². The van der Waals surface area contributed by atoms with Crippen molar-refractivity contribution in [3.05, 3.63) is 51.9 Å². The highest BCUT2D eigenvalue weighted by molar-refractivity contribution is 5.54. The lowest BCUT2D eigenvalue weighted by Crippen LogP contribution is -2.35. The molecule has 0 spiro atoms. The molecule has 0 atom stereocenters. The van der Waals surface area contributed by atoms with E-state index in [-0.39, 0.29) is 22.5 Å². The molecule has 2 N–H and O–H groups in total. The Hall–Kier alpha value is -2.08. The summed E-state index contributed by atoms with van der Waals surface area (Å²) in [7, 11) is 0. The summed E-state index contributed by atoms with van der Waals surface area (Å²) in [5, 5.41) is 3.20. The van der Waals surface area contributed by atoms with Crippen molar-refractivity contribution in [3.63, 3.8) is 0 Å². The predicted octanol–water partition coefficient (Wildman–Crippen LogP) is 2.60. The summed E-state index contributed by atoms with van der Waals surface area (Å²) in [5.41, 5.74) is 0.209. The van der Waals surface area contributed by atoms with Crippen molar-refractivity contribution in [2.45, 2.75) is 32.9 Å². The van der Waals surface area contributed by atoms with Crippen molar-refractivity contribution in [2.75, 3.05) is 0 Å². The van der Waals surface area contributed by atoms with Crippen LogP contribution in [-0.4, -0.2) is 15.5 Å². The van der Waals surface area contributed by atoms with Crippen LogP contribution in [0.15, 0.2) is 29.1 Å². The minimum atomic E-state index is -0.717. The van der Waals surface area contributed by atoms with Crippen LogP contribution in [0.2, 0.25) is 0 Å². The number of nitrogens with one attached hydrogen (secondary N) is 2. The van der Waals surface area contributed by atoms with E-state index in [9.17, 15) is 13.6 Å². The van der Waals surface area contributed by atoms with Gasteiger partial charge in [0.25, 0.3) is 5.56 Å². The van der Waals surface area contributed by atoms with Crippen LogP contribution >= 0.6 is 0 Å². The van der Waals surface area contributed by atoms with Gasteiger partial charge in [-0.3, -0.25) is 4.79 Å². The second-order valence-corrected chi connectivity index (χ2v) is 5.85. The van der Waals surface area contributed by atoms with E-state index >= 15 is 0 Å². The summed E-state index contributed by atoms with van der Waals surface area (Å²) in [6.45, 7) is 6.35. The highest BCUT2D eigenvalue weighted by Crippen LogP contribution is 2.17. The predicted molar refractivity (Wildman–Crippen MR) is 76.8 cm³/mol. The number of halogens is 2. The summed E-state index contributed by atoms with van der Waals surface area (Å²) >= 11 is 0. The molecule has 1 heterocycles. The first-order valence-electron chi connectivity index (χ1n) is 6.55. The number of H-pyrrole nitrogens is 1. The molecule has 4 nitrogen and oxygen atoms in total. The van der Waals surface area contributed by atoms with Crippen LogP contribution in [0, 0.1) is 11.6 Å². The molecule has 0 radical (unpaired) electrons. The van der Waals surface area contributed by atoms with E-state index in [1.54, 1.807) is 0 Å². The molecule has 0 unspecified atom stereocenters. The molecule has 0 saturated carbocycles. The first kappa shape index (κ1) is 15.3. The van der Waals surface area contributed by atoms with Crippen LogP contribution in [-0.2, 0) is 6.54 Å². The van der Waals surface area contributed by atoms with Gasteiger partial charge in [-0.1, -0.05) is 0 Å². The Bertz CT molecular complexity index is 685. The molecule has 0 aliphatic carbocycles. The highest BCUT2D eigenvalue weighted by atomic mass is 19.1. The van der Waals surface area contributed by atoms with Crippen LogP contribution in [0.3, 0.4) is 0 Å². The SMILES string of the molecule is CC(C)(C)NCc1cc(=O)[nH]c(-c2cc(F)cc(F)c2)n1. The second-order valence-electron chi connectivity index (χ2n) is 5.85. The Labute approximate surface area is 121 Å². The number of hydrogen-bond donors (Lipinski definition) is 2. The lowest BCUT2D eigenvalue weighted by atomic mass is 10.1. The monoisotopic (exact) mass is 293 g/mol. The zero-order valence-electron chi connectivity index (χ0n) is 12.1. The van der Waals surface area contributed by atoms with Gasteiger partial charge in [0.05, 0.1) is 5.69 Å². The quantitative estimate of drug-likeness (QED) is 0.914. The van der Waals surface area contributed by atoms with E-state index in [0.717, 1.165) is 18.2 Å². The number of aromatic amines is 1. The molecule has 0 aliphatic rings. The first-order chi connectivity index (χ1) is 9.73. The summed E-state index contributed by atoms with van der Waals surface area (Å²) in [4.78, 5) is 18.4. The largest absolute Gasteiger partial charge is 0.307 e. The van der Waals surface area contributed by atoms with E-state index < -0.39 is 11.6 Å². The van der Waals surface area contributed by atoms with Crippen LogP contribution < -0.4 is 10.9 Å². The third-order valence-electron chi connectivity index (χ3n) is 2.73. The zero-order chi connectivity index (χ0) is 15.6. The maximum Gasteiger partial charge on any atom is 0.251 e. The van der Waals surface area contributed by atoms with E-state index in [1.807, 2.05) is 20.8 Å². The Morgan fingerprint density at radius 2 is 1.76 bits per heavy atom. The maximum absolute atomic E-state index is 13.2. The van der Waals surface area contributed by atoms with E-state index in [1.165, 1.54) is 6.07 Å². The lowest BCUT2D eigenvalue weighted by Gasteiger charge is -2.20. The Balaban J connectivity index is 2.36. The molecule has 0 fully saturated rings. The third-order valence-corrected chi connectivity index (χ3v) is 2.73. The molecule has 1 aromatic heterocycles. The molecular weight excluding hydrogens is 276 g/mol. The van der Waals surface area contributed by atoms with E-state index in [0.29, 0.717) is 12.2 Å². The van der Waals surface area contributed by atoms with Gasteiger partial charge in [-0.05, 0) is 32.9 Å². The number of benzene rings is 1. The van der Waals surface area contributed by atoms with Crippen molar-refractivity contribution in [1.82, 2.24) is 15.3 Å². The molecule has 2 aromatic rings. The molecule has 2 rings (SSSR count). The lowest BCUT2D eigenvalue weighted by molar-refractivity contribution is 0.421. The van der Waals surface area contributed by atoms with Gasteiger partial charge in [0.2, 0.25) is 0 Å². The van der Waals surface area contributed by atoms with Crippen LogP contribution in [0.25, 0.3) is 11.4 Å². The number of nitrogens with zero attached hydrogens (tertiary/aromatic N) is 1. The summed E-state index contributed by atoms with van der Waals surface area (Å²) in [6.07, 6.45) is 0. The van der Waals surface area contributed by atoms with Gasteiger partial charge in [-0.2, -0.15) is 0 Å². The topological polar surface area (TPSA) is 57.8 Å². The molecule has 0 saturated heterocycles. The molecule has 6 heteroatoms. The minimum absolute atomic E-state index is 0.130. The van der Waals surface area contributed by atoms with Gasteiger partial charge < -0.3 is 10.3 Å². The first-order valence-corrected chi connectivity index (χ1v) is 6.55. The van der Waals surface area contributed by atoms with Crippen molar-refractivity contribution < 1.29 is 8.78 Å². The summed E-state index contributed by atoms with van der Waals surface area (Å²) < 4.78 is 26.5. The zero-order valence-corrected chi connectivity index (χ0v) is 12.1. The molecule has 21 heavy (non-hydrogen) atoms. The Morgan fingerprint density at radius 3 is 2.33 bits per heavy atom. The molecule has 1 aromatic carbocycles. The van der Waals surface area contributed by atoms with Gasteiger partial charge in [-0.15, -0.1) is 0 Å².